The van der Waals surface area contributed by atoms with Crippen LogP contribution in [0.1, 0.15) is 16.0 Å². The van der Waals surface area contributed by atoms with E-state index in [9.17, 15) is 0 Å². The molecular formula is C15H17ClN2S2. The Morgan fingerprint density at radius 3 is 2.75 bits per heavy atom. The summed E-state index contributed by atoms with van der Waals surface area (Å²) in [5.74, 6) is 0. The predicted octanol–water partition coefficient (Wildman–Crippen LogP) is 4.85. The van der Waals surface area contributed by atoms with E-state index in [4.69, 9.17) is 23.8 Å². The standard InChI is InChI=1S/C15H17ClN2S2/c1-10-7-11(2)14(13(16)8-10)17-15(19)18(3)9-12-5-4-6-20-12/h4-8H,9H2,1-3H3,(H,17,19). The molecule has 2 aromatic rings. The second-order valence-electron chi connectivity index (χ2n) is 4.80. The molecular weight excluding hydrogens is 308 g/mol. The zero-order valence-corrected chi connectivity index (χ0v) is 14.1. The van der Waals surface area contributed by atoms with Gasteiger partial charge in [-0.05, 0) is 54.7 Å². The first-order chi connectivity index (χ1) is 9.47. The number of hydrogen-bond acceptors (Lipinski definition) is 2. The molecule has 0 unspecified atom stereocenters. The van der Waals surface area contributed by atoms with Crippen molar-refractivity contribution in [1.82, 2.24) is 4.90 Å². The molecule has 5 heteroatoms. The first-order valence-electron chi connectivity index (χ1n) is 6.28. The maximum absolute atomic E-state index is 6.29. The Morgan fingerprint density at radius 1 is 1.40 bits per heavy atom. The average molecular weight is 325 g/mol. The highest BCUT2D eigenvalue weighted by atomic mass is 35.5. The molecule has 1 aromatic carbocycles. The molecule has 106 valence electrons. The smallest absolute Gasteiger partial charge is 0.173 e. The van der Waals surface area contributed by atoms with Crippen LogP contribution in [0.25, 0.3) is 0 Å². The van der Waals surface area contributed by atoms with Crippen molar-refractivity contribution < 1.29 is 0 Å². The number of halogens is 1. The SMILES string of the molecule is Cc1cc(C)c(NC(=S)N(C)Cc2cccs2)c(Cl)c1. The molecule has 20 heavy (non-hydrogen) atoms. The normalized spacial score (nSPS) is 10.4. The fourth-order valence-corrected chi connectivity index (χ4v) is 3.28. The van der Waals surface area contributed by atoms with Crippen molar-refractivity contribution in [2.24, 2.45) is 0 Å². The first-order valence-corrected chi connectivity index (χ1v) is 7.95. The van der Waals surface area contributed by atoms with Crippen LogP contribution in [-0.2, 0) is 6.54 Å². The highest BCUT2D eigenvalue weighted by Crippen LogP contribution is 2.27. The van der Waals surface area contributed by atoms with Crippen LogP contribution in [0.5, 0.6) is 0 Å². The average Bonchev–Trinajstić information content (AvgIpc) is 2.86. The van der Waals surface area contributed by atoms with Crippen LogP contribution in [-0.4, -0.2) is 17.1 Å². The zero-order valence-electron chi connectivity index (χ0n) is 11.7. The Balaban J connectivity index is 2.08. The summed E-state index contributed by atoms with van der Waals surface area (Å²) in [7, 11) is 1.98. The molecule has 0 radical (unpaired) electrons. The third-order valence-corrected chi connectivity index (χ3v) is 4.56. The molecule has 2 nitrogen and oxygen atoms in total. The van der Waals surface area contributed by atoms with E-state index in [2.05, 4.69) is 22.8 Å². The third kappa shape index (κ3) is 3.72. The van der Waals surface area contributed by atoms with Crippen LogP contribution in [0, 0.1) is 13.8 Å². The number of aryl methyl sites for hydroxylation is 2. The van der Waals surface area contributed by atoms with Crippen LogP contribution in [0.3, 0.4) is 0 Å². The Labute approximate surface area is 134 Å². The molecule has 2 rings (SSSR count). The summed E-state index contributed by atoms with van der Waals surface area (Å²) >= 11 is 13.5. The van der Waals surface area contributed by atoms with Crippen molar-refractivity contribution in [3.63, 3.8) is 0 Å². The monoisotopic (exact) mass is 324 g/mol. The molecule has 0 fully saturated rings. The summed E-state index contributed by atoms with van der Waals surface area (Å²) in [6.45, 7) is 4.86. The van der Waals surface area contributed by atoms with E-state index in [0.717, 1.165) is 23.4 Å². The van der Waals surface area contributed by atoms with Gasteiger partial charge in [0.1, 0.15) is 0 Å². The summed E-state index contributed by atoms with van der Waals surface area (Å²) < 4.78 is 0. The van der Waals surface area contributed by atoms with Crippen molar-refractivity contribution >= 4 is 46.0 Å². The topological polar surface area (TPSA) is 15.3 Å². The molecule has 1 N–H and O–H groups in total. The number of rotatable bonds is 3. The van der Waals surface area contributed by atoms with Crippen molar-refractivity contribution in [3.05, 3.63) is 50.7 Å². The molecule has 0 aliphatic rings. The summed E-state index contributed by atoms with van der Waals surface area (Å²) in [6.07, 6.45) is 0. The van der Waals surface area contributed by atoms with E-state index < -0.39 is 0 Å². The van der Waals surface area contributed by atoms with Crippen molar-refractivity contribution in [3.8, 4) is 0 Å². The molecule has 1 heterocycles. The van der Waals surface area contributed by atoms with E-state index in [1.165, 1.54) is 4.88 Å². The number of nitrogens with one attached hydrogen (secondary N) is 1. The molecule has 0 saturated carbocycles. The second kappa shape index (κ2) is 6.57. The number of nitrogens with zero attached hydrogens (tertiary/aromatic N) is 1. The van der Waals surface area contributed by atoms with Gasteiger partial charge in [0.2, 0.25) is 0 Å². The Morgan fingerprint density at radius 2 is 2.15 bits per heavy atom. The fourth-order valence-electron chi connectivity index (χ4n) is 1.98. The first kappa shape index (κ1) is 15.3. The van der Waals surface area contributed by atoms with Crippen LogP contribution in [0.15, 0.2) is 29.6 Å². The van der Waals surface area contributed by atoms with Crippen molar-refractivity contribution in [2.45, 2.75) is 20.4 Å². The molecule has 0 saturated heterocycles. The van der Waals surface area contributed by atoms with Gasteiger partial charge in [-0.15, -0.1) is 11.3 Å². The quantitative estimate of drug-likeness (QED) is 0.813. The van der Waals surface area contributed by atoms with Gasteiger partial charge in [0.15, 0.2) is 5.11 Å². The lowest BCUT2D eigenvalue weighted by atomic mass is 10.1. The van der Waals surface area contributed by atoms with Crippen molar-refractivity contribution in [2.75, 3.05) is 12.4 Å². The highest BCUT2D eigenvalue weighted by molar-refractivity contribution is 7.80. The molecule has 0 spiro atoms. The van der Waals surface area contributed by atoms with Crippen LogP contribution < -0.4 is 5.32 Å². The second-order valence-corrected chi connectivity index (χ2v) is 6.63. The van der Waals surface area contributed by atoms with Gasteiger partial charge in [0, 0.05) is 11.9 Å². The van der Waals surface area contributed by atoms with E-state index >= 15 is 0 Å². The third-order valence-electron chi connectivity index (χ3n) is 2.98. The highest BCUT2D eigenvalue weighted by Gasteiger charge is 2.10. The fraction of sp³-hybridized carbons (Fsp3) is 0.267. The van der Waals surface area contributed by atoms with Gasteiger partial charge in [-0.25, -0.2) is 0 Å². The van der Waals surface area contributed by atoms with Gasteiger partial charge < -0.3 is 10.2 Å². The molecule has 1 aromatic heterocycles. The largest absolute Gasteiger partial charge is 0.347 e. The summed E-state index contributed by atoms with van der Waals surface area (Å²) in [5, 5.41) is 6.69. The molecule has 0 atom stereocenters. The number of benzene rings is 1. The maximum Gasteiger partial charge on any atom is 0.173 e. The molecule has 0 aliphatic heterocycles. The summed E-state index contributed by atoms with van der Waals surface area (Å²) in [6, 6.07) is 8.19. The molecule has 0 bridgehead atoms. The van der Waals surface area contributed by atoms with Gasteiger partial charge in [-0.3, -0.25) is 0 Å². The van der Waals surface area contributed by atoms with E-state index in [1.807, 2.05) is 37.9 Å². The minimum absolute atomic E-state index is 0.673. The zero-order chi connectivity index (χ0) is 14.7. The Hall–Kier alpha value is -1.10. The van der Waals surface area contributed by atoms with E-state index in [1.54, 1.807) is 11.3 Å². The van der Waals surface area contributed by atoms with E-state index in [0.29, 0.717) is 10.1 Å². The lowest BCUT2D eigenvalue weighted by molar-refractivity contribution is 0.514. The van der Waals surface area contributed by atoms with Gasteiger partial charge in [0.25, 0.3) is 0 Å². The predicted molar refractivity (Wildman–Crippen MR) is 92.9 cm³/mol. The molecule has 0 aliphatic carbocycles. The Kier molecular flexibility index (Phi) is 5.02. The number of thiocarbonyl (C=S) groups is 1. The summed E-state index contributed by atoms with van der Waals surface area (Å²) in [4.78, 5) is 3.29. The van der Waals surface area contributed by atoms with E-state index in [-0.39, 0.29) is 0 Å². The number of hydrogen-bond donors (Lipinski definition) is 1. The lowest BCUT2D eigenvalue weighted by Gasteiger charge is -2.22. The van der Waals surface area contributed by atoms with Crippen LogP contribution >= 0.6 is 35.2 Å². The van der Waals surface area contributed by atoms with Crippen LogP contribution in [0.4, 0.5) is 5.69 Å². The minimum Gasteiger partial charge on any atom is -0.347 e. The lowest BCUT2D eigenvalue weighted by Crippen LogP contribution is -2.30. The van der Waals surface area contributed by atoms with Gasteiger partial charge in [-0.2, -0.15) is 0 Å². The van der Waals surface area contributed by atoms with Crippen LogP contribution in [0.2, 0.25) is 5.02 Å². The van der Waals surface area contributed by atoms with Gasteiger partial charge in [0.05, 0.1) is 17.3 Å². The number of anilines is 1. The number of thiophene rings is 1. The van der Waals surface area contributed by atoms with Gasteiger partial charge in [-0.1, -0.05) is 23.7 Å². The minimum atomic E-state index is 0.673. The van der Waals surface area contributed by atoms with Crippen molar-refractivity contribution in [1.29, 1.82) is 0 Å². The van der Waals surface area contributed by atoms with Gasteiger partial charge >= 0.3 is 0 Å². The molecule has 0 amide bonds. The maximum atomic E-state index is 6.29. The Bertz CT molecular complexity index is 585. The summed E-state index contributed by atoms with van der Waals surface area (Å²) in [5.41, 5.74) is 3.14.